The van der Waals surface area contributed by atoms with Crippen LogP contribution in [0.15, 0.2) is 0 Å². The van der Waals surface area contributed by atoms with E-state index in [9.17, 15) is 25.2 Å². The molecular formula is C4H8F6LiOP. The van der Waals surface area contributed by atoms with E-state index < -0.39 is 7.81 Å². The number of rotatable bonds is 0. The molecule has 1 rings (SSSR count). The Morgan fingerprint density at radius 2 is 1.00 bits per heavy atom. The molecule has 1 aliphatic heterocycles. The molecule has 0 radical (unpaired) electrons. The second-order valence-electron chi connectivity index (χ2n) is 2.28. The quantitative estimate of drug-likeness (QED) is 0.341. The maximum Gasteiger partial charge on any atom is 1.00 e. The molecule has 0 N–H and O–H groups in total. The van der Waals surface area contributed by atoms with Gasteiger partial charge in [-0.1, -0.05) is 0 Å². The van der Waals surface area contributed by atoms with E-state index in [0.717, 1.165) is 13.2 Å². The minimum Gasteiger partial charge on any atom is 1.00 e. The Balaban J connectivity index is 0. The van der Waals surface area contributed by atoms with Crippen molar-refractivity contribution in [3.05, 3.63) is 0 Å². The fraction of sp³-hybridized carbons (Fsp3) is 1.00. The summed E-state index contributed by atoms with van der Waals surface area (Å²) in [6.45, 7) is 2.00. The van der Waals surface area contributed by atoms with Crippen molar-refractivity contribution in [2.24, 2.45) is 0 Å². The fourth-order valence-corrected chi connectivity index (χ4v) is 0.510. The summed E-state index contributed by atoms with van der Waals surface area (Å²) in [5, 5.41) is 0. The Kier molecular flexibility index (Phi) is 4.90. The molecule has 0 aromatic carbocycles. The third-order valence-corrected chi connectivity index (χ3v) is 0.827. The first kappa shape index (κ1) is 16.0. The summed E-state index contributed by atoms with van der Waals surface area (Å²) < 4.78 is 64.1. The minimum absolute atomic E-state index is 0. The molecule has 78 valence electrons. The molecule has 0 amide bonds. The summed E-state index contributed by atoms with van der Waals surface area (Å²) in [5.41, 5.74) is 0. The molecule has 0 saturated carbocycles. The molecule has 0 unspecified atom stereocenters. The number of ether oxygens (including phenoxy) is 1. The molecule has 1 saturated heterocycles. The first-order valence-electron chi connectivity index (χ1n) is 3.09. The molecule has 0 aliphatic carbocycles. The van der Waals surface area contributed by atoms with Gasteiger partial charge in [-0.15, -0.1) is 0 Å². The Bertz CT molecular complexity index is 127. The van der Waals surface area contributed by atoms with Gasteiger partial charge in [-0.25, -0.2) is 0 Å². The molecule has 0 aromatic heterocycles. The van der Waals surface area contributed by atoms with Crippen molar-refractivity contribution in [3.63, 3.8) is 0 Å². The zero-order valence-corrected chi connectivity index (χ0v) is 7.85. The van der Waals surface area contributed by atoms with Crippen LogP contribution in [0.2, 0.25) is 0 Å². The first-order chi connectivity index (χ1) is 4.95. The average molecular weight is 224 g/mol. The Labute approximate surface area is 83.2 Å². The molecule has 0 atom stereocenters. The van der Waals surface area contributed by atoms with Gasteiger partial charge in [0.1, 0.15) is 0 Å². The van der Waals surface area contributed by atoms with Gasteiger partial charge in [-0.2, -0.15) is 0 Å². The molecule has 0 bridgehead atoms. The number of hydrogen-bond donors (Lipinski definition) is 0. The maximum atomic E-state index is 9.87. The van der Waals surface area contributed by atoms with Crippen LogP contribution in [0.5, 0.6) is 0 Å². The molecule has 13 heavy (non-hydrogen) atoms. The third-order valence-electron chi connectivity index (χ3n) is 0.827. The molecule has 1 nitrogen and oxygen atoms in total. The van der Waals surface area contributed by atoms with Gasteiger partial charge in [-0.05, 0) is 12.8 Å². The van der Waals surface area contributed by atoms with E-state index in [2.05, 4.69) is 0 Å². The zero-order valence-electron chi connectivity index (χ0n) is 6.95. The number of halogens is 6. The van der Waals surface area contributed by atoms with Gasteiger partial charge < -0.3 is 4.74 Å². The molecule has 1 heterocycles. The molecule has 1 fully saturated rings. The van der Waals surface area contributed by atoms with E-state index in [1.807, 2.05) is 0 Å². The van der Waals surface area contributed by atoms with Gasteiger partial charge in [0.15, 0.2) is 0 Å². The van der Waals surface area contributed by atoms with E-state index in [4.69, 9.17) is 4.74 Å². The van der Waals surface area contributed by atoms with E-state index in [1.165, 1.54) is 12.8 Å². The van der Waals surface area contributed by atoms with Crippen LogP contribution in [0, 0.1) is 0 Å². The predicted molar refractivity (Wildman–Crippen MR) is 33.6 cm³/mol. The van der Waals surface area contributed by atoms with Gasteiger partial charge in [-0.3, -0.25) is 0 Å². The summed E-state index contributed by atoms with van der Waals surface area (Å²) in [6.07, 6.45) is 2.56. The van der Waals surface area contributed by atoms with Crippen molar-refractivity contribution in [2.75, 3.05) is 13.2 Å². The van der Waals surface area contributed by atoms with Crippen LogP contribution in [0.1, 0.15) is 12.8 Å². The summed E-state index contributed by atoms with van der Waals surface area (Å²) in [6, 6.07) is 0. The van der Waals surface area contributed by atoms with Crippen molar-refractivity contribution < 1.29 is 48.8 Å². The second kappa shape index (κ2) is 3.98. The van der Waals surface area contributed by atoms with Crippen LogP contribution in [-0.4, -0.2) is 13.2 Å². The van der Waals surface area contributed by atoms with Crippen molar-refractivity contribution in [2.45, 2.75) is 12.8 Å². The van der Waals surface area contributed by atoms with Crippen molar-refractivity contribution in [1.82, 2.24) is 0 Å². The summed E-state index contributed by atoms with van der Waals surface area (Å²) in [7, 11) is -10.7. The van der Waals surface area contributed by atoms with Crippen LogP contribution >= 0.6 is 7.81 Å². The third kappa shape index (κ3) is 45.3. The maximum absolute atomic E-state index is 10.7. The Morgan fingerprint density at radius 1 is 0.769 bits per heavy atom. The smallest absolute Gasteiger partial charge is 1.00 e. The van der Waals surface area contributed by atoms with Crippen molar-refractivity contribution >= 4 is 7.81 Å². The van der Waals surface area contributed by atoms with E-state index in [0.29, 0.717) is 0 Å². The summed E-state index contributed by atoms with van der Waals surface area (Å²) in [5.74, 6) is 0. The van der Waals surface area contributed by atoms with Gasteiger partial charge in [0.05, 0.1) is 0 Å². The summed E-state index contributed by atoms with van der Waals surface area (Å²) >= 11 is 0. The Hall–Kier alpha value is 0.567. The topological polar surface area (TPSA) is 9.23 Å². The largest absolute Gasteiger partial charge is 1.00 e. The molecular weight excluding hydrogens is 216 g/mol. The Morgan fingerprint density at radius 3 is 1.08 bits per heavy atom. The first-order valence-corrected chi connectivity index (χ1v) is 5.12. The second-order valence-corrected chi connectivity index (χ2v) is 4.19. The van der Waals surface area contributed by atoms with Crippen LogP contribution in [0.4, 0.5) is 25.2 Å². The molecule has 0 spiro atoms. The van der Waals surface area contributed by atoms with Gasteiger partial charge in [0, 0.05) is 13.2 Å². The van der Waals surface area contributed by atoms with Crippen LogP contribution in [0.3, 0.4) is 0 Å². The standard InChI is InChI=1S/C4H8O.F6P.Li/c1-2-4-5-3-1;1-7(2,3,4,5)6;/h1-4H2;;/q;-1;+1. The molecule has 9 heteroatoms. The van der Waals surface area contributed by atoms with E-state index in [-0.39, 0.29) is 18.9 Å². The summed E-state index contributed by atoms with van der Waals surface area (Å²) in [4.78, 5) is 0. The van der Waals surface area contributed by atoms with E-state index in [1.54, 1.807) is 0 Å². The minimum atomic E-state index is -10.7. The molecule has 0 aromatic rings. The van der Waals surface area contributed by atoms with Gasteiger partial charge in [0.25, 0.3) is 0 Å². The van der Waals surface area contributed by atoms with Crippen LogP contribution in [-0.2, 0) is 4.74 Å². The number of hydrogen-bond acceptors (Lipinski definition) is 1. The fourth-order valence-electron chi connectivity index (χ4n) is 0.510. The van der Waals surface area contributed by atoms with Crippen molar-refractivity contribution in [1.29, 1.82) is 0 Å². The predicted octanol–water partition coefficient (Wildman–Crippen LogP) is 1.18. The van der Waals surface area contributed by atoms with Crippen LogP contribution < -0.4 is 18.9 Å². The van der Waals surface area contributed by atoms with Gasteiger partial charge >= 0.3 is 51.9 Å². The van der Waals surface area contributed by atoms with Gasteiger partial charge in [0.2, 0.25) is 0 Å². The van der Waals surface area contributed by atoms with E-state index >= 15 is 0 Å². The average Bonchev–Trinajstić information content (AvgIpc) is 2.00. The van der Waals surface area contributed by atoms with Crippen molar-refractivity contribution in [3.8, 4) is 0 Å². The monoisotopic (exact) mass is 224 g/mol. The van der Waals surface area contributed by atoms with Crippen LogP contribution in [0.25, 0.3) is 0 Å². The zero-order chi connectivity index (χ0) is 9.94. The molecule has 1 aliphatic rings. The normalized spacial score (nSPS) is 21.7. The SMILES string of the molecule is C1CCOC1.F[P-](F)(F)(F)(F)F.[Li+].